The highest BCUT2D eigenvalue weighted by molar-refractivity contribution is 5.97. The highest BCUT2D eigenvalue weighted by Crippen LogP contribution is 2.06. The number of hydrogen-bond acceptors (Lipinski definition) is 7. The normalized spacial score (nSPS) is 14.3. The van der Waals surface area contributed by atoms with Crippen LogP contribution in [0.2, 0.25) is 0 Å². The maximum atomic E-state index is 12.2. The van der Waals surface area contributed by atoms with Gasteiger partial charge < -0.3 is 25.2 Å². The topological polar surface area (TPSA) is 114 Å². The summed E-state index contributed by atoms with van der Waals surface area (Å²) in [4.78, 5) is 34.5. The van der Waals surface area contributed by atoms with Gasteiger partial charge in [0.05, 0.1) is 26.4 Å². The minimum atomic E-state index is -1.14. The number of aldehydes is 1. The molecule has 1 amide bonds. The van der Waals surface area contributed by atoms with E-state index in [-0.39, 0.29) is 0 Å². The summed E-state index contributed by atoms with van der Waals surface area (Å²) >= 11 is 0. The molecule has 0 spiro atoms. The van der Waals surface area contributed by atoms with E-state index in [0.29, 0.717) is 16.7 Å². The third-order valence-corrected chi connectivity index (χ3v) is 4.62. The van der Waals surface area contributed by atoms with Crippen LogP contribution >= 0.6 is 0 Å². The number of methoxy groups -OCH3 is 1. The Labute approximate surface area is 193 Å². The molecule has 3 N–H and O–H groups in total. The molecule has 0 aromatic heterocycles. The minimum Gasteiger partial charge on any atom is -0.467 e. The van der Waals surface area contributed by atoms with Crippen molar-refractivity contribution in [2.24, 2.45) is 0 Å². The van der Waals surface area contributed by atoms with Crippen molar-refractivity contribution in [3.05, 3.63) is 70.8 Å². The quantitative estimate of drug-likeness (QED) is 0.354. The van der Waals surface area contributed by atoms with Crippen LogP contribution in [0.25, 0.3) is 0 Å². The van der Waals surface area contributed by atoms with Crippen LogP contribution in [0.4, 0.5) is 0 Å². The number of nitrogens with one attached hydrogen (secondary N) is 2. The summed E-state index contributed by atoms with van der Waals surface area (Å²) in [6.07, 6.45) is -0.319. The summed E-state index contributed by atoms with van der Waals surface area (Å²) in [7, 11) is 1.18. The highest BCUT2D eigenvalue weighted by atomic mass is 16.5. The number of aliphatic hydroxyl groups is 1. The molecule has 1 heterocycles. The Morgan fingerprint density at radius 3 is 2.00 bits per heavy atom. The van der Waals surface area contributed by atoms with Crippen LogP contribution in [0.3, 0.4) is 0 Å². The number of ether oxygens (including phenoxy) is 2. The molecule has 0 bridgehead atoms. The van der Waals surface area contributed by atoms with Crippen LogP contribution in [0.5, 0.6) is 0 Å². The predicted molar refractivity (Wildman–Crippen MR) is 123 cm³/mol. The van der Waals surface area contributed by atoms with Crippen molar-refractivity contribution in [2.75, 3.05) is 33.4 Å². The van der Waals surface area contributed by atoms with Gasteiger partial charge in [0.1, 0.15) is 6.29 Å². The number of morpholine rings is 1. The second-order valence-electron chi connectivity index (χ2n) is 7.14. The van der Waals surface area contributed by atoms with Crippen LogP contribution in [0, 0.1) is 11.8 Å². The highest BCUT2D eigenvalue weighted by Gasteiger charge is 2.26. The molecule has 33 heavy (non-hydrogen) atoms. The van der Waals surface area contributed by atoms with Gasteiger partial charge in [0.25, 0.3) is 5.91 Å². The fourth-order valence-electron chi connectivity index (χ4n) is 2.74. The zero-order valence-electron chi connectivity index (χ0n) is 18.7. The van der Waals surface area contributed by atoms with E-state index in [1.54, 1.807) is 48.5 Å². The Morgan fingerprint density at radius 1 is 1.06 bits per heavy atom. The lowest BCUT2D eigenvalue weighted by molar-refractivity contribution is -0.145. The van der Waals surface area contributed by atoms with Gasteiger partial charge in [-0.1, -0.05) is 24.0 Å². The first-order chi connectivity index (χ1) is 15.9. The van der Waals surface area contributed by atoms with Crippen LogP contribution < -0.4 is 10.6 Å². The van der Waals surface area contributed by atoms with Gasteiger partial charge in [-0.05, 0) is 43.3 Å². The molecule has 1 aliphatic heterocycles. The number of aliphatic hydroxyl groups excluding tert-OH is 1. The fraction of sp³-hybridized carbons (Fsp3) is 0.320. The maximum absolute atomic E-state index is 12.2. The largest absolute Gasteiger partial charge is 0.467 e. The molecule has 0 radical (unpaired) electrons. The molecule has 174 valence electrons. The van der Waals surface area contributed by atoms with Crippen LogP contribution in [0.1, 0.15) is 38.8 Å². The molecule has 1 aliphatic rings. The van der Waals surface area contributed by atoms with Crippen molar-refractivity contribution < 1.29 is 29.0 Å². The smallest absolute Gasteiger partial charge is 0.331 e. The van der Waals surface area contributed by atoms with Gasteiger partial charge in [-0.25, -0.2) is 4.79 Å². The Balaban J connectivity index is 0.000000554. The molecule has 0 unspecified atom stereocenters. The first-order valence-corrected chi connectivity index (χ1v) is 10.5. The molecular formula is C25H28N2O6. The van der Waals surface area contributed by atoms with E-state index in [4.69, 9.17) is 4.74 Å². The first kappa shape index (κ1) is 25.7. The molecule has 2 aromatic rings. The molecule has 1 saturated heterocycles. The van der Waals surface area contributed by atoms with E-state index in [1.165, 1.54) is 14.0 Å². The van der Waals surface area contributed by atoms with E-state index in [0.717, 1.165) is 38.2 Å². The van der Waals surface area contributed by atoms with Crippen LogP contribution in [-0.2, 0) is 14.3 Å². The van der Waals surface area contributed by atoms with E-state index in [1.807, 2.05) is 0 Å². The predicted octanol–water partition coefficient (Wildman–Crippen LogP) is 1.16. The molecular weight excluding hydrogens is 424 g/mol. The zero-order valence-corrected chi connectivity index (χ0v) is 18.7. The van der Waals surface area contributed by atoms with Gasteiger partial charge in [-0.15, -0.1) is 0 Å². The Kier molecular flexibility index (Phi) is 10.8. The Morgan fingerprint density at radius 2 is 1.61 bits per heavy atom. The summed E-state index contributed by atoms with van der Waals surface area (Å²) in [5, 5.41) is 15.2. The molecule has 3 rings (SSSR count). The zero-order chi connectivity index (χ0) is 24.1. The lowest BCUT2D eigenvalue weighted by Gasteiger charge is -2.18. The summed E-state index contributed by atoms with van der Waals surface area (Å²) in [5.74, 6) is 4.71. The van der Waals surface area contributed by atoms with Gasteiger partial charge in [0.2, 0.25) is 0 Å². The van der Waals surface area contributed by atoms with E-state index >= 15 is 0 Å². The number of benzene rings is 2. The molecule has 8 nitrogen and oxygen atoms in total. The van der Waals surface area contributed by atoms with Crippen molar-refractivity contribution in [2.45, 2.75) is 19.1 Å². The number of amides is 1. The monoisotopic (exact) mass is 452 g/mol. The lowest BCUT2D eigenvalue weighted by atomic mass is 10.1. The van der Waals surface area contributed by atoms with Crippen LogP contribution in [-0.4, -0.2) is 68.8 Å². The van der Waals surface area contributed by atoms with Gasteiger partial charge >= 0.3 is 5.97 Å². The number of rotatable bonds is 5. The van der Waals surface area contributed by atoms with Gasteiger partial charge in [0.15, 0.2) is 6.04 Å². The van der Waals surface area contributed by atoms with Crippen molar-refractivity contribution >= 4 is 18.2 Å². The van der Waals surface area contributed by atoms with Crippen LogP contribution in [0.15, 0.2) is 48.5 Å². The Bertz CT molecular complexity index is 959. The number of hydrogen-bond donors (Lipinski definition) is 3. The number of esters is 1. The van der Waals surface area contributed by atoms with Crippen molar-refractivity contribution in [1.29, 1.82) is 0 Å². The summed E-state index contributed by atoms with van der Waals surface area (Å²) in [6.45, 7) is 5.22. The van der Waals surface area contributed by atoms with Crippen molar-refractivity contribution in [3.8, 4) is 11.8 Å². The third-order valence-electron chi connectivity index (χ3n) is 4.62. The minimum absolute atomic E-state index is 0.324. The van der Waals surface area contributed by atoms with E-state index < -0.39 is 24.0 Å². The summed E-state index contributed by atoms with van der Waals surface area (Å²) < 4.78 is 9.57. The maximum Gasteiger partial charge on any atom is 0.331 e. The Hall–Kier alpha value is -3.51. The molecule has 1 fully saturated rings. The SMILES string of the molecule is C1COCCN1.COC(=O)[C@@H](NC(=O)c1ccc(C#Cc2ccc(C=O)cc2)cc1)[C@@H](C)O. The average Bonchev–Trinajstić information content (AvgIpc) is 2.87. The molecule has 2 atom stereocenters. The summed E-state index contributed by atoms with van der Waals surface area (Å²) in [5.41, 5.74) is 2.37. The average molecular weight is 453 g/mol. The second-order valence-corrected chi connectivity index (χ2v) is 7.14. The third kappa shape index (κ3) is 8.86. The van der Waals surface area contributed by atoms with Gasteiger partial charge in [-0.2, -0.15) is 0 Å². The van der Waals surface area contributed by atoms with E-state index in [2.05, 4.69) is 27.2 Å². The molecule has 8 heteroatoms. The molecule has 0 aliphatic carbocycles. The standard InChI is InChI=1S/C21H19NO5.C4H9NO/c1-14(24)19(21(26)27-2)22-20(25)18-11-9-16(10-12-18)4-3-15-5-7-17(13-23)8-6-15;1-3-6-4-2-5-1/h5-14,19,24H,1-2H3,(H,22,25);5H,1-4H2/t14-,19+;/m1./s1. The van der Waals surface area contributed by atoms with Crippen molar-refractivity contribution in [1.82, 2.24) is 10.6 Å². The van der Waals surface area contributed by atoms with E-state index in [9.17, 15) is 19.5 Å². The summed E-state index contributed by atoms with van der Waals surface area (Å²) in [6, 6.07) is 12.2. The number of carbonyl (C=O) groups is 3. The van der Waals surface area contributed by atoms with Gasteiger partial charge in [-0.3, -0.25) is 9.59 Å². The van der Waals surface area contributed by atoms with Crippen molar-refractivity contribution in [3.63, 3.8) is 0 Å². The van der Waals surface area contributed by atoms with Gasteiger partial charge in [0, 0.05) is 35.3 Å². The number of carbonyl (C=O) groups excluding carboxylic acids is 3. The lowest BCUT2D eigenvalue weighted by Crippen LogP contribution is -2.48. The molecule has 0 saturated carbocycles. The second kappa shape index (κ2) is 13.8. The fourth-order valence-corrected chi connectivity index (χ4v) is 2.74. The molecule has 2 aromatic carbocycles. The first-order valence-electron chi connectivity index (χ1n) is 10.5.